The molecule has 0 spiro atoms. The van der Waals surface area contributed by atoms with Gasteiger partial charge >= 0.3 is 0 Å². The molecule has 2 heterocycles. The highest BCUT2D eigenvalue weighted by molar-refractivity contribution is 5.78. The first-order valence-corrected chi connectivity index (χ1v) is 4.97. The van der Waals surface area contributed by atoms with Gasteiger partial charge in [0.25, 0.3) is 0 Å². The number of carbonyl (C=O) groups is 1. The van der Waals surface area contributed by atoms with Crippen molar-refractivity contribution in [1.82, 2.24) is 10.3 Å². The van der Waals surface area contributed by atoms with Crippen molar-refractivity contribution in [1.29, 1.82) is 0 Å². The molecule has 1 N–H and O–H groups in total. The molecule has 74 valence electrons. The van der Waals surface area contributed by atoms with E-state index in [2.05, 4.69) is 17.2 Å². The fourth-order valence-corrected chi connectivity index (χ4v) is 1.86. The van der Waals surface area contributed by atoms with Gasteiger partial charge in [0.2, 0.25) is 5.91 Å². The van der Waals surface area contributed by atoms with Crippen LogP contribution in [0.15, 0.2) is 24.4 Å². The van der Waals surface area contributed by atoms with Crippen molar-refractivity contribution in [2.75, 3.05) is 0 Å². The minimum absolute atomic E-state index is 0.165. The van der Waals surface area contributed by atoms with Crippen LogP contribution in [0.2, 0.25) is 0 Å². The first-order valence-electron chi connectivity index (χ1n) is 4.97. The number of nitrogens with zero attached hydrogens (tertiary/aromatic N) is 1. The van der Waals surface area contributed by atoms with Crippen LogP contribution < -0.4 is 5.32 Å². The van der Waals surface area contributed by atoms with E-state index in [1.54, 1.807) is 6.20 Å². The van der Waals surface area contributed by atoms with Crippen LogP contribution in [0.3, 0.4) is 0 Å². The molecule has 1 aromatic heterocycles. The summed E-state index contributed by atoms with van der Waals surface area (Å²) in [5.74, 6) is 0.473. The van der Waals surface area contributed by atoms with Gasteiger partial charge in [-0.1, -0.05) is 13.0 Å². The Bertz CT molecular complexity index is 323. The Labute approximate surface area is 83.5 Å². The van der Waals surface area contributed by atoms with Gasteiger partial charge in [0, 0.05) is 30.3 Å². The van der Waals surface area contributed by atoms with Crippen LogP contribution in [0.4, 0.5) is 0 Å². The van der Waals surface area contributed by atoms with Gasteiger partial charge in [0.05, 0.1) is 0 Å². The fraction of sp³-hybridized carbons (Fsp3) is 0.455. The van der Waals surface area contributed by atoms with Crippen molar-refractivity contribution >= 4 is 5.91 Å². The Hall–Kier alpha value is -1.38. The molecule has 1 aromatic rings. The molecule has 14 heavy (non-hydrogen) atoms. The summed E-state index contributed by atoms with van der Waals surface area (Å²) in [5, 5.41) is 2.97. The maximum Gasteiger partial charge on any atom is 0.220 e. The molecule has 1 aliphatic rings. The van der Waals surface area contributed by atoms with Gasteiger partial charge in [-0.2, -0.15) is 0 Å². The normalized spacial score (nSPS) is 23.2. The molecule has 3 nitrogen and oxygen atoms in total. The summed E-state index contributed by atoms with van der Waals surface area (Å²) in [5.41, 5.74) is 1.06. The maximum atomic E-state index is 11.1. The lowest BCUT2D eigenvalue weighted by Gasteiger charge is -2.18. The summed E-state index contributed by atoms with van der Waals surface area (Å²) in [4.78, 5) is 15.4. The van der Waals surface area contributed by atoms with Crippen LogP contribution in [0.5, 0.6) is 0 Å². The Morgan fingerprint density at radius 1 is 1.57 bits per heavy atom. The fourth-order valence-electron chi connectivity index (χ4n) is 1.86. The van der Waals surface area contributed by atoms with Crippen LogP contribution in [0.1, 0.15) is 31.4 Å². The van der Waals surface area contributed by atoms with Crippen molar-refractivity contribution in [3.05, 3.63) is 30.1 Å². The predicted molar refractivity (Wildman–Crippen MR) is 53.8 cm³/mol. The smallest absolute Gasteiger partial charge is 0.220 e. The molecule has 0 unspecified atom stereocenters. The van der Waals surface area contributed by atoms with E-state index in [0.29, 0.717) is 12.3 Å². The number of pyridine rings is 1. The largest absolute Gasteiger partial charge is 0.353 e. The number of aromatic nitrogens is 1. The molecule has 1 saturated heterocycles. The zero-order chi connectivity index (χ0) is 9.97. The molecule has 1 amide bonds. The number of hydrogen-bond donors (Lipinski definition) is 1. The summed E-state index contributed by atoms with van der Waals surface area (Å²) in [7, 11) is 0. The first kappa shape index (κ1) is 9.19. The molecular weight excluding hydrogens is 176 g/mol. The minimum atomic E-state index is 0.165. The van der Waals surface area contributed by atoms with Gasteiger partial charge < -0.3 is 5.32 Å². The minimum Gasteiger partial charge on any atom is -0.353 e. The third kappa shape index (κ3) is 1.76. The lowest BCUT2D eigenvalue weighted by Crippen LogP contribution is -2.30. The molecule has 3 heteroatoms. The summed E-state index contributed by atoms with van der Waals surface area (Å²) in [6, 6.07) is 6.16. The molecule has 1 fully saturated rings. The van der Waals surface area contributed by atoms with E-state index in [0.717, 1.165) is 12.1 Å². The second-order valence-corrected chi connectivity index (χ2v) is 3.76. The molecule has 0 aliphatic carbocycles. The van der Waals surface area contributed by atoms with Crippen LogP contribution in [-0.2, 0) is 4.79 Å². The topological polar surface area (TPSA) is 42.0 Å². The summed E-state index contributed by atoms with van der Waals surface area (Å²) in [6.07, 6.45) is 3.38. The first-order chi connectivity index (χ1) is 6.77. The third-order valence-electron chi connectivity index (χ3n) is 2.79. The van der Waals surface area contributed by atoms with Crippen molar-refractivity contribution < 1.29 is 4.79 Å². The lowest BCUT2D eigenvalue weighted by atomic mass is 9.96. The zero-order valence-electron chi connectivity index (χ0n) is 8.23. The molecule has 1 aliphatic heterocycles. The molecule has 0 aromatic carbocycles. The van der Waals surface area contributed by atoms with Gasteiger partial charge in [0.1, 0.15) is 0 Å². The van der Waals surface area contributed by atoms with E-state index in [4.69, 9.17) is 0 Å². The molecule has 2 atom stereocenters. The van der Waals surface area contributed by atoms with E-state index in [9.17, 15) is 4.79 Å². The van der Waals surface area contributed by atoms with E-state index in [1.165, 1.54) is 0 Å². The lowest BCUT2D eigenvalue weighted by molar-refractivity contribution is -0.119. The molecule has 2 rings (SSSR count). The zero-order valence-corrected chi connectivity index (χ0v) is 8.23. The van der Waals surface area contributed by atoms with E-state index >= 15 is 0 Å². The second kappa shape index (κ2) is 3.78. The summed E-state index contributed by atoms with van der Waals surface area (Å²) in [6.45, 7) is 2.11. The van der Waals surface area contributed by atoms with Gasteiger partial charge in [-0.05, 0) is 18.6 Å². The quantitative estimate of drug-likeness (QED) is 0.767. The summed E-state index contributed by atoms with van der Waals surface area (Å²) >= 11 is 0. The SMILES string of the molecule is C[C@@H](c1ccccn1)[C@H]1CCC(=O)N1. The van der Waals surface area contributed by atoms with Crippen LogP contribution in [0.25, 0.3) is 0 Å². The third-order valence-corrected chi connectivity index (χ3v) is 2.79. The van der Waals surface area contributed by atoms with Gasteiger partial charge in [-0.25, -0.2) is 0 Å². The number of amides is 1. The highest BCUT2D eigenvalue weighted by Gasteiger charge is 2.27. The van der Waals surface area contributed by atoms with Crippen molar-refractivity contribution in [2.24, 2.45) is 0 Å². The average molecular weight is 190 g/mol. The highest BCUT2D eigenvalue weighted by atomic mass is 16.1. The van der Waals surface area contributed by atoms with Crippen LogP contribution in [0, 0.1) is 0 Å². The Morgan fingerprint density at radius 3 is 3.00 bits per heavy atom. The van der Waals surface area contributed by atoms with Gasteiger partial charge in [-0.3, -0.25) is 9.78 Å². The predicted octanol–water partition coefficient (Wildman–Crippen LogP) is 1.46. The van der Waals surface area contributed by atoms with Gasteiger partial charge in [0.15, 0.2) is 0 Å². The Kier molecular flexibility index (Phi) is 2.48. The monoisotopic (exact) mass is 190 g/mol. The molecule has 0 saturated carbocycles. The van der Waals surface area contributed by atoms with E-state index in [-0.39, 0.29) is 11.9 Å². The average Bonchev–Trinajstić information content (AvgIpc) is 2.65. The Morgan fingerprint density at radius 2 is 2.43 bits per heavy atom. The number of carbonyl (C=O) groups excluding carboxylic acids is 1. The second-order valence-electron chi connectivity index (χ2n) is 3.76. The number of hydrogen-bond acceptors (Lipinski definition) is 2. The maximum absolute atomic E-state index is 11.1. The van der Waals surface area contributed by atoms with Gasteiger partial charge in [-0.15, -0.1) is 0 Å². The van der Waals surface area contributed by atoms with Crippen molar-refractivity contribution in [3.63, 3.8) is 0 Å². The molecule has 0 bridgehead atoms. The van der Waals surface area contributed by atoms with Crippen molar-refractivity contribution in [3.8, 4) is 0 Å². The van der Waals surface area contributed by atoms with E-state index in [1.807, 2.05) is 18.2 Å². The van der Waals surface area contributed by atoms with E-state index < -0.39 is 0 Å². The Balaban J connectivity index is 2.09. The number of nitrogens with one attached hydrogen (secondary N) is 1. The number of rotatable bonds is 2. The van der Waals surface area contributed by atoms with Crippen molar-refractivity contribution in [2.45, 2.75) is 31.7 Å². The van der Waals surface area contributed by atoms with Crippen LogP contribution in [-0.4, -0.2) is 16.9 Å². The van der Waals surface area contributed by atoms with Crippen LogP contribution >= 0.6 is 0 Å². The standard InChI is InChI=1S/C11H14N2O/c1-8(9-4-2-3-7-12-9)10-5-6-11(14)13-10/h2-4,7-8,10H,5-6H2,1H3,(H,13,14)/t8-,10+/m0/s1. The summed E-state index contributed by atoms with van der Waals surface area (Å²) < 4.78 is 0. The molecule has 0 radical (unpaired) electrons. The highest BCUT2D eigenvalue weighted by Crippen LogP contribution is 2.23. The molecular formula is C11H14N2O.